The molecule has 2 aliphatic rings. The largest absolute Gasteiger partial charge is 0.350 e. The van der Waals surface area contributed by atoms with Crippen molar-refractivity contribution in [3.05, 3.63) is 35.4 Å². The fourth-order valence-electron chi connectivity index (χ4n) is 3.76. The molecular formula is C20H29N3O2. The molecule has 5 heteroatoms. The Kier molecular flexibility index (Phi) is 5.74. The quantitative estimate of drug-likeness (QED) is 0.877. The minimum atomic E-state index is -0.400. The summed E-state index contributed by atoms with van der Waals surface area (Å²) in [5.41, 5.74) is 2.33. The molecule has 0 aromatic heterocycles. The molecule has 2 heterocycles. The van der Waals surface area contributed by atoms with Crippen LogP contribution in [0.2, 0.25) is 0 Å². The van der Waals surface area contributed by atoms with Gasteiger partial charge in [0, 0.05) is 32.0 Å². The van der Waals surface area contributed by atoms with Crippen LogP contribution in [0.3, 0.4) is 0 Å². The molecule has 2 unspecified atom stereocenters. The summed E-state index contributed by atoms with van der Waals surface area (Å²) < 4.78 is 0. The van der Waals surface area contributed by atoms with Crippen molar-refractivity contribution < 1.29 is 9.59 Å². The lowest BCUT2D eigenvalue weighted by molar-refractivity contribution is -0.142. The number of nitrogens with one attached hydrogen (secondary N) is 2. The van der Waals surface area contributed by atoms with E-state index in [4.69, 9.17) is 0 Å². The van der Waals surface area contributed by atoms with Crippen molar-refractivity contribution in [2.45, 2.75) is 58.2 Å². The number of carbonyl (C=O) groups is 2. The number of amides is 2. The number of fused-ring (bicyclic) bond motifs is 1. The molecule has 1 fully saturated rings. The number of rotatable bonds is 4. The van der Waals surface area contributed by atoms with Gasteiger partial charge in [-0.2, -0.15) is 0 Å². The first-order valence-corrected chi connectivity index (χ1v) is 9.42. The van der Waals surface area contributed by atoms with Gasteiger partial charge in [0.15, 0.2) is 0 Å². The minimum absolute atomic E-state index is 0.0136. The lowest BCUT2D eigenvalue weighted by Gasteiger charge is -2.37. The third-order valence-corrected chi connectivity index (χ3v) is 5.10. The lowest BCUT2D eigenvalue weighted by atomic mass is 9.92. The van der Waals surface area contributed by atoms with Gasteiger partial charge in [-0.25, -0.2) is 0 Å². The van der Waals surface area contributed by atoms with Crippen molar-refractivity contribution in [1.29, 1.82) is 0 Å². The topological polar surface area (TPSA) is 61.4 Å². The Morgan fingerprint density at radius 3 is 2.72 bits per heavy atom. The molecule has 3 rings (SSSR count). The van der Waals surface area contributed by atoms with Crippen molar-refractivity contribution in [2.24, 2.45) is 5.92 Å². The van der Waals surface area contributed by atoms with Gasteiger partial charge in [0.2, 0.25) is 11.8 Å². The second kappa shape index (κ2) is 8.00. The fraction of sp³-hybridized carbons (Fsp3) is 0.600. The number of benzene rings is 1. The van der Waals surface area contributed by atoms with E-state index in [1.54, 1.807) is 4.90 Å². The number of carbonyl (C=O) groups excluding carboxylic acids is 2. The van der Waals surface area contributed by atoms with E-state index in [0.29, 0.717) is 19.4 Å². The smallest absolute Gasteiger partial charge is 0.243 e. The number of piperidine rings is 1. The van der Waals surface area contributed by atoms with E-state index >= 15 is 0 Å². The Hall–Kier alpha value is -1.88. The van der Waals surface area contributed by atoms with E-state index in [-0.39, 0.29) is 23.8 Å². The third kappa shape index (κ3) is 4.40. The van der Waals surface area contributed by atoms with Gasteiger partial charge in [-0.05, 0) is 36.4 Å². The second-order valence-corrected chi connectivity index (χ2v) is 7.66. The van der Waals surface area contributed by atoms with Gasteiger partial charge < -0.3 is 15.5 Å². The van der Waals surface area contributed by atoms with Crippen LogP contribution in [-0.2, 0) is 22.6 Å². The normalized spacial score (nSPS) is 23.2. The van der Waals surface area contributed by atoms with Gasteiger partial charge in [-0.1, -0.05) is 38.1 Å². The average molecular weight is 343 g/mol. The zero-order valence-corrected chi connectivity index (χ0v) is 15.3. The molecule has 2 atom stereocenters. The monoisotopic (exact) mass is 343 g/mol. The predicted octanol–water partition coefficient (Wildman–Crippen LogP) is 1.85. The first-order valence-electron chi connectivity index (χ1n) is 9.42. The van der Waals surface area contributed by atoms with E-state index in [1.165, 1.54) is 5.56 Å². The molecule has 0 bridgehead atoms. The zero-order chi connectivity index (χ0) is 17.8. The first-order chi connectivity index (χ1) is 12.0. The van der Waals surface area contributed by atoms with Crippen LogP contribution in [0.4, 0.5) is 0 Å². The highest BCUT2D eigenvalue weighted by molar-refractivity contribution is 5.88. The Labute approximate surface area is 150 Å². The summed E-state index contributed by atoms with van der Waals surface area (Å²) in [5.74, 6) is 0.350. The van der Waals surface area contributed by atoms with Crippen molar-refractivity contribution >= 4 is 11.8 Å². The van der Waals surface area contributed by atoms with Gasteiger partial charge >= 0.3 is 0 Å². The SMILES string of the molecule is CC(C)CC(=O)N1Cc2ccccc2CC1C(=O)NC1CCCNC1. The van der Waals surface area contributed by atoms with Crippen LogP contribution in [0.1, 0.15) is 44.2 Å². The van der Waals surface area contributed by atoms with Crippen LogP contribution in [0, 0.1) is 5.92 Å². The van der Waals surface area contributed by atoms with Crippen LogP contribution in [-0.4, -0.2) is 41.9 Å². The number of hydrogen-bond acceptors (Lipinski definition) is 3. The molecule has 0 aliphatic carbocycles. The molecule has 1 aromatic carbocycles. The molecule has 0 spiro atoms. The lowest BCUT2D eigenvalue weighted by Crippen LogP contribution is -2.56. The summed E-state index contributed by atoms with van der Waals surface area (Å²) in [6, 6.07) is 7.90. The molecule has 2 N–H and O–H groups in total. The van der Waals surface area contributed by atoms with E-state index in [9.17, 15) is 9.59 Å². The molecule has 0 radical (unpaired) electrons. The maximum Gasteiger partial charge on any atom is 0.243 e. The summed E-state index contributed by atoms with van der Waals surface area (Å²) in [6.45, 7) is 6.44. The predicted molar refractivity (Wildman–Crippen MR) is 98.0 cm³/mol. The van der Waals surface area contributed by atoms with Crippen LogP contribution in [0.5, 0.6) is 0 Å². The number of nitrogens with zero attached hydrogens (tertiary/aromatic N) is 1. The van der Waals surface area contributed by atoms with Gasteiger partial charge in [0.05, 0.1) is 0 Å². The van der Waals surface area contributed by atoms with E-state index in [2.05, 4.69) is 22.8 Å². The van der Waals surface area contributed by atoms with E-state index < -0.39 is 6.04 Å². The summed E-state index contributed by atoms with van der Waals surface area (Å²) in [6.07, 6.45) is 3.17. The number of hydrogen-bond donors (Lipinski definition) is 2. The van der Waals surface area contributed by atoms with Crippen molar-refractivity contribution in [1.82, 2.24) is 15.5 Å². The third-order valence-electron chi connectivity index (χ3n) is 5.10. The van der Waals surface area contributed by atoms with Gasteiger partial charge in [-0.15, -0.1) is 0 Å². The minimum Gasteiger partial charge on any atom is -0.350 e. The van der Waals surface area contributed by atoms with Gasteiger partial charge in [0.1, 0.15) is 6.04 Å². The molecule has 2 aliphatic heterocycles. The fourth-order valence-corrected chi connectivity index (χ4v) is 3.76. The van der Waals surface area contributed by atoms with Crippen LogP contribution in [0.15, 0.2) is 24.3 Å². The van der Waals surface area contributed by atoms with Crippen LogP contribution < -0.4 is 10.6 Å². The summed E-state index contributed by atoms with van der Waals surface area (Å²) >= 11 is 0. The first kappa shape index (κ1) is 17.9. The second-order valence-electron chi connectivity index (χ2n) is 7.66. The summed E-state index contributed by atoms with van der Waals surface area (Å²) in [5, 5.41) is 6.49. The highest BCUT2D eigenvalue weighted by Crippen LogP contribution is 2.25. The van der Waals surface area contributed by atoms with Gasteiger partial charge in [0.25, 0.3) is 0 Å². The van der Waals surface area contributed by atoms with E-state index in [1.807, 2.05) is 26.0 Å². The standard InChI is InChI=1S/C20H29N3O2/c1-14(2)10-19(24)23-13-16-7-4-3-6-15(16)11-18(23)20(25)22-17-8-5-9-21-12-17/h3-4,6-7,14,17-18,21H,5,8-13H2,1-2H3,(H,22,25). The summed E-state index contributed by atoms with van der Waals surface area (Å²) in [7, 11) is 0. The molecular weight excluding hydrogens is 314 g/mol. The average Bonchev–Trinajstić information content (AvgIpc) is 2.61. The molecule has 2 amide bonds. The van der Waals surface area contributed by atoms with Crippen molar-refractivity contribution in [2.75, 3.05) is 13.1 Å². The van der Waals surface area contributed by atoms with Crippen molar-refractivity contribution in [3.63, 3.8) is 0 Å². The Morgan fingerprint density at radius 1 is 1.28 bits per heavy atom. The van der Waals surface area contributed by atoms with E-state index in [0.717, 1.165) is 31.5 Å². The molecule has 0 saturated carbocycles. The van der Waals surface area contributed by atoms with Crippen molar-refractivity contribution in [3.8, 4) is 0 Å². The Morgan fingerprint density at radius 2 is 2.04 bits per heavy atom. The molecule has 1 aromatic rings. The molecule has 136 valence electrons. The van der Waals surface area contributed by atoms with Gasteiger partial charge in [-0.3, -0.25) is 9.59 Å². The molecule has 25 heavy (non-hydrogen) atoms. The highest BCUT2D eigenvalue weighted by atomic mass is 16.2. The summed E-state index contributed by atoms with van der Waals surface area (Å²) in [4.78, 5) is 27.5. The highest BCUT2D eigenvalue weighted by Gasteiger charge is 2.35. The molecule has 5 nitrogen and oxygen atoms in total. The Bertz CT molecular complexity index is 623. The Balaban J connectivity index is 1.77. The van der Waals surface area contributed by atoms with Crippen LogP contribution >= 0.6 is 0 Å². The molecule has 1 saturated heterocycles. The zero-order valence-electron chi connectivity index (χ0n) is 15.3. The van der Waals surface area contributed by atoms with Crippen LogP contribution in [0.25, 0.3) is 0 Å². The maximum absolute atomic E-state index is 12.9. The maximum atomic E-state index is 12.9.